The van der Waals surface area contributed by atoms with Gasteiger partial charge in [-0.25, -0.2) is 5.01 Å². The van der Waals surface area contributed by atoms with Crippen molar-refractivity contribution < 1.29 is 0 Å². The van der Waals surface area contributed by atoms with Crippen molar-refractivity contribution in [3.63, 3.8) is 0 Å². The maximum absolute atomic E-state index is 5.83. The Labute approximate surface area is 86.7 Å². The number of rotatable bonds is 0. The van der Waals surface area contributed by atoms with E-state index in [0.717, 1.165) is 13.0 Å². The molecule has 78 valence electrons. The van der Waals surface area contributed by atoms with E-state index in [1.165, 1.54) is 11.1 Å². The summed E-state index contributed by atoms with van der Waals surface area (Å²) in [5.74, 6) is 5.83. The van der Waals surface area contributed by atoms with Gasteiger partial charge in [0.05, 0.1) is 0 Å². The van der Waals surface area contributed by atoms with Crippen LogP contribution in [0.4, 0.5) is 0 Å². The minimum absolute atomic E-state index is 0.370. The monoisotopic (exact) mass is 192 g/mol. The van der Waals surface area contributed by atoms with Crippen molar-refractivity contribution in [3.05, 3.63) is 35.4 Å². The number of hydrogen-bond acceptors (Lipinski definition) is 2. The summed E-state index contributed by atoms with van der Waals surface area (Å²) in [5, 5.41) is 1.91. The Balaban J connectivity index is 0.000000461. The third-order valence-corrected chi connectivity index (χ3v) is 2.64. The van der Waals surface area contributed by atoms with Crippen molar-refractivity contribution in [2.45, 2.75) is 33.2 Å². The van der Waals surface area contributed by atoms with E-state index in [-0.39, 0.29) is 0 Å². The topological polar surface area (TPSA) is 29.3 Å². The molecule has 1 atom stereocenters. The molecule has 1 aromatic rings. The van der Waals surface area contributed by atoms with Crippen LogP contribution < -0.4 is 5.84 Å². The zero-order valence-electron chi connectivity index (χ0n) is 9.33. The van der Waals surface area contributed by atoms with E-state index in [1.807, 2.05) is 18.9 Å². The Kier molecular flexibility index (Phi) is 4.11. The molecule has 0 radical (unpaired) electrons. The second kappa shape index (κ2) is 5.13. The van der Waals surface area contributed by atoms with Crippen LogP contribution in [0.5, 0.6) is 0 Å². The summed E-state index contributed by atoms with van der Waals surface area (Å²) in [6.45, 7) is 7.12. The van der Waals surface area contributed by atoms with Gasteiger partial charge in [-0.05, 0) is 24.5 Å². The largest absolute Gasteiger partial charge is 0.268 e. The summed E-state index contributed by atoms with van der Waals surface area (Å²) in [7, 11) is 0. The van der Waals surface area contributed by atoms with Crippen LogP contribution in [-0.4, -0.2) is 11.6 Å². The van der Waals surface area contributed by atoms with Crippen molar-refractivity contribution in [1.82, 2.24) is 5.01 Å². The van der Waals surface area contributed by atoms with E-state index in [1.54, 1.807) is 0 Å². The Bertz CT molecular complexity index is 283. The molecule has 0 bridgehead atoms. The Morgan fingerprint density at radius 3 is 2.64 bits per heavy atom. The van der Waals surface area contributed by atoms with Crippen molar-refractivity contribution in [3.8, 4) is 0 Å². The van der Waals surface area contributed by atoms with Crippen LogP contribution in [-0.2, 0) is 6.42 Å². The molecule has 0 aliphatic carbocycles. The summed E-state index contributed by atoms with van der Waals surface area (Å²) in [6, 6.07) is 8.90. The van der Waals surface area contributed by atoms with Crippen LogP contribution in [0.1, 0.15) is 37.9 Å². The second-order valence-corrected chi connectivity index (χ2v) is 3.36. The summed E-state index contributed by atoms with van der Waals surface area (Å²) in [5.41, 5.74) is 2.83. The smallest absolute Gasteiger partial charge is 0.0465 e. The zero-order chi connectivity index (χ0) is 10.6. The van der Waals surface area contributed by atoms with Crippen LogP contribution in [0.15, 0.2) is 24.3 Å². The van der Waals surface area contributed by atoms with Crippen molar-refractivity contribution in [2.24, 2.45) is 5.84 Å². The summed E-state index contributed by atoms with van der Waals surface area (Å²) in [4.78, 5) is 0. The first kappa shape index (κ1) is 11.2. The third-order valence-electron chi connectivity index (χ3n) is 2.64. The van der Waals surface area contributed by atoms with E-state index < -0.39 is 0 Å². The standard InChI is InChI=1S/C10H14N2.C2H6/c1-8-10-5-3-2-4-9(10)6-7-12(8)11;1-2/h2-5,8H,6-7,11H2,1H3;1-2H3/t8-;/m1./s1. The molecule has 0 unspecified atom stereocenters. The van der Waals surface area contributed by atoms with Gasteiger partial charge in [0.2, 0.25) is 0 Å². The van der Waals surface area contributed by atoms with Crippen LogP contribution in [0.3, 0.4) is 0 Å². The molecule has 0 saturated heterocycles. The predicted molar refractivity (Wildman–Crippen MR) is 60.8 cm³/mol. The lowest BCUT2D eigenvalue weighted by Crippen LogP contribution is -2.39. The zero-order valence-corrected chi connectivity index (χ0v) is 9.33. The van der Waals surface area contributed by atoms with Gasteiger partial charge in [-0.1, -0.05) is 38.1 Å². The van der Waals surface area contributed by atoms with E-state index in [9.17, 15) is 0 Å². The van der Waals surface area contributed by atoms with Gasteiger partial charge in [0.15, 0.2) is 0 Å². The van der Waals surface area contributed by atoms with Gasteiger partial charge in [-0.15, -0.1) is 0 Å². The summed E-state index contributed by atoms with van der Waals surface area (Å²) < 4.78 is 0. The lowest BCUT2D eigenvalue weighted by atomic mass is 9.95. The lowest BCUT2D eigenvalue weighted by Gasteiger charge is -2.31. The van der Waals surface area contributed by atoms with Gasteiger partial charge in [0.1, 0.15) is 0 Å². The minimum atomic E-state index is 0.370. The first-order valence-corrected chi connectivity index (χ1v) is 5.38. The van der Waals surface area contributed by atoms with Crippen LogP contribution >= 0.6 is 0 Å². The average Bonchev–Trinajstić information content (AvgIpc) is 2.27. The normalized spacial score (nSPS) is 20.7. The van der Waals surface area contributed by atoms with Gasteiger partial charge < -0.3 is 0 Å². The van der Waals surface area contributed by atoms with Gasteiger partial charge >= 0.3 is 0 Å². The second-order valence-electron chi connectivity index (χ2n) is 3.36. The average molecular weight is 192 g/mol. The van der Waals surface area contributed by atoms with Crippen molar-refractivity contribution in [1.29, 1.82) is 0 Å². The van der Waals surface area contributed by atoms with Crippen molar-refractivity contribution >= 4 is 0 Å². The lowest BCUT2D eigenvalue weighted by molar-refractivity contribution is 0.204. The molecule has 0 fully saturated rings. The molecule has 2 heteroatoms. The highest BCUT2D eigenvalue weighted by molar-refractivity contribution is 5.31. The first-order valence-electron chi connectivity index (χ1n) is 5.38. The molecule has 1 aromatic carbocycles. The van der Waals surface area contributed by atoms with E-state index >= 15 is 0 Å². The van der Waals surface area contributed by atoms with Gasteiger partial charge in [0.25, 0.3) is 0 Å². The first-order chi connectivity index (χ1) is 6.79. The number of nitrogens with zero attached hydrogens (tertiary/aromatic N) is 1. The number of benzene rings is 1. The highest BCUT2D eigenvalue weighted by Gasteiger charge is 2.19. The predicted octanol–water partition coefficient (Wildman–Crippen LogP) is 2.51. The molecule has 1 heterocycles. The molecule has 2 rings (SSSR count). The third kappa shape index (κ3) is 2.14. The maximum Gasteiger partial charge on any atom is 0.0465 e. The fourth-order valence-corrected chi connectivity index (χ4v) is 1.79. The molecule has 1 aliphatic rings. The molecule has 0 spiro atoms. The van der Waals surface area contributed by atoms with Gasteiger partial charge in [-0.2, -0.15) is 0 Å². The van der Waals surface area contributed by atoms with Gasteiger partial charge in [-0.3, -0.25) is 5.84 Å². The molecule has 0 amide bonds. The quantitative estimate of drug-likeness (QED) is 0.640. The molecular formula is C12H20N2. The Hall–Kier alpha value is -0.860. The molecule has 1 aliphatic heterocycles. The summed E-state index contributed by atoms with van der Waals surface area (Å²) in [6.07, 6.45) is 1.08. The highest BCUT2D eigenvalue weighted by atomic mass is 15.4. The van der Waals surface area contributed by atoms with Crippen LogP contribution in [0.2, 0.25) is 0 Å². The molecule has 14 heavy (non-hydrogen) atoms. The Morgan fingerprint density at radius 1 is 1.29 bits per heavy atom. The van der Waals surface area contributed by atoms with Gasteiger partial charge in [0, 0.05) is 12.6 Å². The van der Waals surface area contributed by atoms with Crippen LogP contribution in [0.25, 0.3) is 0 Å². The van der Waals surface area contributed by atoms with E-state index in [4.69, 9.17) is 5.84 Å². The summed E-state index contributed by atoms with van der Waals surface area (Å²) >= 11 is 0. The van der Waals surface area contributed by atoms with Crippen molar-refractivity contribution in [2.75, 3.05) is 6.54 Å². The Morgan fingerprint density at radius 2 is 1.93 bits per heavy atom. The molecule has 0 saturated carbocycles. The number of nitrogens with two attached hydrogens (primary N) is 1. The SMILES string of the molecule is CC.C[C@@H]1c2ccccc2CCN1N. The highest BCUT2D eigenvalue weighted by Crippen LogP contribution is 2.26. The molecule has 2 nitrogen and oxygen atoms in total. The fourth-order valence-electron chi connectivity index (χ4n) is 1.79. The van der Waals surface area contributed by atoms with E-state index in [2.05, 4.69) is 31.2 Å². The molecular weight excluding hydrogens is 172 g/mol. The number of hydrogen-bond donors (Lipinski definition) is 1. The van der Waals surface area contributed by atoms with E-state index in [0.29, 0.717) is 6.04 Å². The minimum Gasteiger partial charge on any atom is -0.268 e. The fraction of sp³-hybridized carbons (Fsp3) is 0.500. The molecule has 2 N–H and O–H groups in total. The maximum atomic E-state index is 5.83. The number of hydrazine groups is 1. The van der Waals surface area contributed by atoms with Crippen LogP contribution in [0, 0.1) is 0 Å². The number of fused-ring (bicyclic) bond motifs is 1. The molecule has 0 aromatic heterocycles.